The zero-order valence-corrected chi connectivity index (χ0v) is 12.8. The number of carbonyl (C=O) groups excluding carboxylic acids is 1. The van der Waals surface area contributed by atoms with Gasteiger partial charge in [-0.3, -0.25) is 4.79 Å². The molecule has 0 radical (unpaired) electrons. The van der Waals surface area contributed by atoms with Crippen LogP contribution in [0, 0.1) is 5.92 Å². The van der Waals surface area contributed by atoms with E-state index in [-0.39, 0.29) is 23.5 Å². The molecule has 5 heteroatoms. The van der Waals surface area contributed by atoms with Gasteiger partial charge >= 0.3 is 0 Å². The maximum Gasteiger partial charge on any atom is 0.243 e. The van der Waals surface area contributed by atoms with Crippen LogP contribution in [0.5, 0.6) is 11.5 Å². The van der Waals surface area contributed by atoms with Gasteiger partial charge in [0, 0.05) is 11.5 Å². The third kappa shape index (κ3) is 3.34. The lowest BCUT2D eigenvalue weighted by molar-refractivity contribution is -0.122. The third-order valence-corrected chi connectivity index (χ3v) is 3.98. The summed E-state index contributed by atoms with van der Waals surface area (Å²) in [6.45, 7) is 0. The number of nitrogens with zero attached hydrogens (tertiary/aromatic N) is 1. The van der Waals surface area contributed by atoms with E-state index in [1.165, 1.54) is 18.9 Å². The Morgan fingerprint density at radius 3 is 2.78 bits per heavy atom. The summed E-state index contributed by atoms with van der Waals surface area (Å²) in [5.74, 6) is 0.510. The number of amides is 1. The molecule has 118 valence electrons. The summed E-state index contributed by atoms with van der Waals surface area (Å²) >= 11 is 0. The average molecular weight is 310 g/mol. The molecule has 2 N–H and O–H groups in total. The minimum atomic E-state index is -0.0995. The van der Waals surface area contributed by atoms with Crippen molar-refractivity contribution in [3.8, 4) is 11.5 Å². The second-order valence-corrected chi connectivity index (χ2v) is 5.49. The Labute approximate surface area is 134 Å². The molecule has 0 heterocycles. The number of phenolic OH excluding ortho intramolecular Hbond substituents is 1. The Hall–Kier alpha value is -2.82. The molecular formula is C18H18N2O3. The number of para-hydroxylation sites is 1. The molecule has 23 heavy (non-hydrogen) atoms. The topological polar surface area (TPSA) is 70.9 Å². The van der Waals surface area contributed by atoms with Gasteiger partial charge in [-0.05, 0) is 30.0 Å². The molecule has 0 spiro atoms. The predicted molar refractivity (Wildman–Crippen MR) is 87.7 cm³/mol. The molecule has 0 bridgehead atoms. The van der Waals surface area contributed by atoms with Gasteiger partial charge in [0.05, 0.1) is 13.3 Å². The summed E-state index contributed by atoms with van der Waals surface area (Å²) in [4.78, 5) is 12.1. The van der Waals surface area contributed by atoms with E-state index in [9.17, 15) is 9.90 Å². The van der Waals surface area contributed by atoms with Gasteiger partial charge in [0.2, 0.25) is 5.91 Å². The standard InChI is InChI=1S/C18H18N2O3/c1-23-16-9-5-8-13(17(16)21)11-19-20-18(22)15-10-14(15)12-6-3-2-4-7-12/h2-9,11,14-15,21H,10H2,1H3,(H,20,22)/b19-11-/t14-,15-/m1/s1. The van der Waals surface area contributed by atoms with Crippen molar-refractivity contribution in [3.05, 3.63) is 59.7 Å². The lowest BCUT2D eigenvalue weighted by Gasteiger charge is -2.05. The molecule has 3 rings (SSSR count). The summed E-state index contributed by atoms with van der Waals surface area (Å²) in [7, 11) is 1.48. The number of nitrogens with one attached hydrogen (secondary N) is 1. The normalized spacial score (nSPS) is 19.5. The van der Waals surface area contributed by atoms with Crippen LogP contribution in [0.15, 0.2) is 53.6 Å². The second-order valence-electron chi connectivity index (χ2n) is 5.49. The number of phenols is 1. The van der Waals surface area contributed by atoms with Crippen molar-refractivity contribution in [1.82, 2.24) is 5.43 Å². The van der Waals surface area contributed by atoms with E-state index < -0.39 is 0 Å². The van der Waals surface area contributed by atoms with E-state index in [1.807, 2.05) is 30.3 Å². The van der Waals surface area contributed by atoms with Crippen LogP contribution in [0.25, 0.3) is 0 Å². The molecule has 2 aromatic rings. The number of hydrazone groups is 1. The van der Waals surface area contributed by atoms with Gasteiger partial charge in [-0.15, -0.1) is 0 Å². The van der Waals surface area contributed by atoms with Crippen molar-refractivity contribution in [3.63, 3.8) is 0 Å². The van der Waals surface area contributed by atoms with E-state index in [0.29, 0.717) is 11.3 Å². The summed E-state index contributed by atoms with van der Waals surface area (Å²) in [6.07, 6.45) is 2.26. The van der Waals surface area contributed by atoms with Crippen LogP contribution in [0.4, 0.5) is 0 Å². The van der Waals surface area contributed by atoms with Gasteiger partial charge in [0.1, 0.15) is 0 Å². The molecule has 1 aliphatic rings. The average Bonchev–Trinajstić information content (AvgIpc) is 3.38. The smallest absolute Gasteiger partial charge is 0.243 e. The van der Waals surface area contributed by atoms with Crippen molar-refractivity contribution in [1.29, 1.82) is 0 Å². The van der Waals surface area contributed by atoms with Crippen molar-refractivity contribution in [2.75, 3.05) is 7.11 Å². The summed E-state index contributed by atoms with van der Waals surface area (Å²) in [5, 5.41) is 13.9. The highest BCUT2D eigenvalue weighted by Gasteiger charge is 2.43. The van der Waals surface area contributed by atoms with E-state index in [4.69, 9.17) is 4.74 Å². The lowest BCUT2D eigenvalue weighted by atomic mass is 10.1. The first-order valence-corrected chi connectivity index (χ1v) is 7.44. The highest BCUT2D eigenvalue weighted by molar-refractivity contribution is 5.87. The molecule has 1 fully saturated rings. The third-order valence-electron chi connectivity index (χ3n) is 3.98. The lowest BCUT2D eigenvalue weighted by Crippen LogP contribution is -2.20. The zero-order chi connectivity index (χ0) is 16.2. The molecular weight excluding hydrogens is 292 g/mol. The van der Waals surface area contributed by atoms with Crippen LogP contribution in [0.3, 0.4) is 0 Å². The molecule has 0 aliphatic heterocycles. The number of benzene rings is 2. The van der Waals surface area contributed by atoms with Crippen LogP contribution in [-0.4, -0.2) is 24.3 Å². The van der Waals surface area contributed by atoms with Gasteiger partial charge in [-0.1, -0.05) is 36.4 Å². The fraction of sp³-hybridized carbons (Fsp3) is 0.222. The molecule has 0 unspecified atom stereocenters. The quantitative estimate of drug-likeness (QED) is 0.659. The van der Waals surface area contributed by atoms with Crippen LogP contribution in [-0.2, 0) is 4.79 Å². The number of carbonyl (C=O) groups is 1. The van der Waals surface area contributed by atoms with Crippen LogP contribution in [0.2, 0.25) is 0 Å². The Morgan fingerprint density at radius 2 is 2.04 bits per heavy atom. The number of rotatable bonds is 5. The highest BCUT2D eigenvalue weighted by Crippen LogP contribution is 2.47. The van der Waals surface area contributed by atoms with Crippen molar-refractivity contribution < 1.29 is 14.6 Å². The fourth-order valence-corrected chi connectivity index (χ4v) is 2.61. The predicted octanol–water partition coefficient (Wildman–Crippen LogP) is 2.65. The minimum Gasteiger partial charge on any atom is -0.504 e. The monoisotopic (exact) mass is 310 g/mol. The Balaban J connectivity index is 1.58. The van der Waals surface area contributed by atoms with Gasteiger partial charge in [0.25, 0.3) is 0 Å². The minimum absolute atomic E-state index is 0.00147. The maximum absolute atomic E-state index is 12.1. The molecule has 5 nitrogen and oxygen atoms in total. The Morgan fingerprint density at radius 1 is 1.26 bits per heavy atom. The number of hydrogen-bond acceptors (Lipinski definition) is 4. The Kier molecular flexibility index (Phi) is 4.28. The van der Waals surface area contributed by atoms with Crippen LogP contribution in [0.1, 0.15) is 23.5 Å². The first kappa shape index (κ1) is 15.1. The van der Waals surface area contributed by atoms with Crippen LogP contribution < -0.4 is 10.2 Å². The van der Waals surface area contributed by atoms with E-state index in [0.717, 1.165) is 6.42 Å². The SMILES string of the molecule is COc1cccc(/C=N\NC(=O)[C@@H]2C[C@@H]2c2ccccc2)c1O. The van der Waals surface area contributed by atoms with Gasteiger partial charge < -0.3 is 9.84 Å². The maximum atomic E-state index is 12.1. The summed E-state index contributed by atoms with van der Waals surface area (Å²) in [5.41, 5.74) is 4.20. The molecule has 1 saturated carbocycles. The van der Waals surface area contributed by atoms with Crippen LogP contribution >= 0.6 is 0 Å². The number of aromatic hydroxyl groups is 1. The van der Waals surface area contributed by atoms with Gasteiger partial charge in [-0.25, -0.2) is 5.43 Å². The first-order chi connectivity index (χ1) is 11.2. The number of hydrogen-bond donors (Lipinski definition) is 2. The van der Waals surface area contributed by atoms with E-state index in [2.05, 4.69) is 10.5 Å². The largest absolute Gasteiger partial charge is 0.504 e. The highest BCUT2D eigenvalue weighted by atomic mass is 16.5. The second kappa shape index (κ2) is 6.52. The molecule has 1 amide bonds. The summed E-state index contributed by atoms with van der Waals surface area (Å²) in [6, 6.07) is 15.1. The van der Waals surface area contributed by atoms with E-state index >= 15 is 0 Å². The summed E-state index contributed by atoms with van der Waals surface area (Å²) < 4.78 is 5.03. The Bertz CT molecular complexity index is 728. The van der Waals surface area contributed by atoms with Crippen molar-refractivity contribution in [2.45, 2.75) is 12.3 Å². The number of ether oxygens (including phenoxy) is 1. The first-order valence-electron chi connectivity index (χ1n) is 7.44. The molecule has 0 aromatic heterocycles. The van der Waals surface area contributed by atoms with E-state index in [1.54, 1.807) is 18.2 Å². The van der Waals surface area contributed by atoms with Gasteiger partial charge in [-0.2, -0.15) is 5.10 Å². The van der Waals surface area contributed by atoms with Gasteiger partial charge in [0.15, 0.2) is 11.5 Å². The molecule has 2 atom stereocenters. The van der Waals surface area contributed by atoms with Crippen molar-refractivity contribution in [2.24, 2.45) is 11.0 Å². The molecule has 2 aromatic carbocycles. The molecule has 0 saturated heterocycles. The fourth-order valence-electron chi connectivity index (χ4n) is 2.61. The number of methoxy groups -OCH3 is 1. The molecule has 1 aliphatic carbocycles. The van der Waals surface area contributed by atoms with Crippen molar-refractivity contribution >= 4 is 12.1 Å². The zero-order valence-electron chi connectivity index (χ0n) is 12.8.